The Morgan fingerprint density at radius 2 is 2.50 bits per heavy atom. The summed E-state index contributed by atoms with van der Waals surface area (Å²) in [6, 6.07) is 0.732. The summed E-state index contributed by atoms with van der Waals surface area (Å²) < 4.78 is 2.31. The van der Waals surface area contributed by atoms with E-state index in [4.69, 9.17) is 0 Å². The fraction of sp³-hybridized carbons (Fsp3) is 0.667. The molecule has 0 saturated heterocycles. The number of aromatic nitrogens is 2. The van der Waals surface area contributed by atoms with Crippen LogP contribution in [-0.2, 0) is 6.54 Å². The van der Waals surface area contributed by atoms with E-state index in [1.807, 2.05) is 13.2 Å². The molecule has 1 aliphatic rings. The van der Waals surface area contributed by atoms with Gasteiger partial charge >= 0.3 is 0 Å². The summed E-state index contributed by atoms with van der Waals surface area (Å²) in [6.07, 6.45) is 8.02. The molecule has 0 aromatic carbocycles. The van der Waals surface area contributed by atoms with E-state index in [0.29, 0.717) is 0 Å². The minimum Gasteiger partial charge on any atom is -0.331 e. The zero-order chi connectivity index (χ0) is 8.39. The van der Waals surface area contributed by atoms with Crippen molar-refractivity contribution in [3.8, 4) is 0 Å². The molecule has 0 spiro atoms. The second kappa shape index (κ2) is 3.27. The first-order valence-electron chi connectivity index (χ1n) is 4.58. The summed E-state index contributed by atoms with van der Waals surface area (Å²) in [5.74, 6) is 1.17. The molecular formula is C9H15N3. The SMILES string of the molecule is CNCc1nccn1C1CCC1. The lowest BCUT2D eigenvalue weighted by Gasteiger charge is -2.28. The van der Waals surface area contributed by atoms with Crippen molar-refractivity contribution in [3.05, 3.63) is 18.2 Å². The smallest absolute Gasteiger partial charge is 0.122 e. The van der Waals surface area contributed by atoms with Crippen LogP contribution in [-0.4, -0.2) is 16.6 Å². The molecular weight excluding hydrogens is 150 g/mol. The summed E-state index contributed by atoms with van der Waals surface area (Å²) in [6.45, 7) is 0.878. The molecule has 0 radical (unpaired) electrons. The highest BCUT2D eigenvalue weighted by Gasteiger charge is 2.20. The maximum absolute atomic E-state index is 4.31. The highest BCUT2D eigenvalue weighted by molar-refractivity contribution is 4.96. The van der Waals surface area contributed by atoms with E-state index in [-0.39, 0.29) is 0 Å². The molecule has 0 unspecified atom stereocenters. The van der Waals surface area contributed by atoms with Crippen molar-refractivity contribution in [2.24, 2.45) is 0 Å². The topological polar surface area (TPSA) is 29.9 Å². The molecule has 1 saturated carbocycles. The fourth-order valence-electron chi connectivity index (χ4n) is 1.64. The first-order valence-corrected chi connectivity index (χ1v) is 4.58. The van der Waals surface area contributed by atoms with Crippen molar-refractivity contribution in [3.63, 3.8) is 0 Å². The second-order valence-corrected chi connectivity index (χ2v) is 3.37. The summed E-state index contributed by atoms with van der Waals surface area (Å²) in [7, 11) is 1.96. The van der Waals surface area contributed by atoms with Crippen LogP contribution in [0.5, 0.6) is 0 Å². The Kier molecular flexibility index (Phi) is 2.13. The quantitative estimate of drug-likeness (QED) is 0.732. The second-order valence-electron chi connectivity index (χ2n) is 3.37. The van der Waals surface area contributed by atoms with Gasteiger partial charge in [-0.2, -0.15) is 0 Å². The highest BCUT2D eigenvalue weighted by atomic mass is 15.1. The molecule has 1 heterocycles. The normalized spacial score (nSPS) is 17.8. The monoisotopic (exact) mass is 165 g/mol. The molecule has 1 N–H and O–H groups in total. The lowest BCUT2D eigenvalue weighted by atomic mass is 9.93. The molecule has 3 nitrogen and oxygen atoms in total. The van der Waals surface area contributed by atoms with Gasteiger partial charge in [-0.1, -0.05) is 0 Å². The molecule has 0 amide bonds. The number of hydrogen-bond acceptors (Lipinski definition) is 2. The van der Waals surface area contributed by atoms with Crippen LogP contribution >= 0.6 is 0 Å². The van der Waals surface area contributed by atoms with Crippen molar-refractivity contribution in [2.45, 2.75) is 31.8 Å². The van der Waals surface area contributed by atoms with Gasteiger partial charge in [0.15, 0.2) is 0 Å². The zero-order valence-corrected chi connectivity index (χ0v) is 7.45. The molecule has 1 aliphatic carbocycles. The van der Waals surface area contributed by atoms with E-state index in [1.165, 1.54) is 25.1 Å². The maximum Gasteiger partial charge on any atom is 0.122 e. The molecule has 0 atom stereocenters. The Labute approximate surface area is 72.8 Å². The van der Waals surface area contributed by atoms with Crippen molar-refractivity contribution >= 4 is 0 Å². The van der Waals surface area contributed by atoms with Crippen molar-refractivity contribution in [1.29, 1.82) is 0 Å². The van der Waals surface area contributed by atoms with Crippen LogP contribution in [0.4, 0.5) is 0 Å². The van der Waals surface area contributed by atoms with Gasteiger partial charge in [0.2, 0.25) is 0 Å². The van der Waals surface area contributed by atoms with Crippen LogP contribution in [0.2, 0.25) is 0 Å². The Morgan fingerprint density at radius 3 is 3.08 bits per heavy atom. The predicted octanol–water partition coefficient (Wildman–Crippen LogP) is 1.33. The van der Waals surface area contributed by atoms with Crippen molar-refractivity contribution in [1.82, 2.24) is 14.9 Å². The van der Waals surface area contributed by atoms with Gasteiger partial charge in [-0.3, -0.25) is 0 Å². The van der Waals surface area contributed by atoms with Gasteiger partial charge < -0.3 is 9.88 Å². The van der Waals surface area contributed by atoms with Crippen molar-refractivity contribution in [2.75, 3.05) is 7.05 Å². The van der Waals surface area contributed by atoms with Crippen LogP contribution in [0.1, 0.15) is 31.1 Å². The molecule has 3 heteroatoms. The average molecular weight is 165 g/mol. The largest absolute Gasteiger partial charge is 0.331 e. The molecule has 0 bridgehead atoms. The van der Waals surface area contributed by atoms with Crippen LogP contribution in [0, 0.1) is 0 Å². The van der Waals surface area contributed by atoms with Gasteiger partial charge in [-0.15, -0.1) is 0 Å². The van der Waals surface area contributed by atoms with Crippen molar-refractivity contribution < 1.29 is 0 Å². The molecule has 2 rings (SSSR count). The molecule has 12 heavy (non-hydrogen) atoms. The van der Waals surface area contributed by atoms with Gasteiger partial charge in [0.1, 0.15) is 5.82 Å². The third kappa shape index (κ3) is 1.25. The van der Waals surface area contributed by atoms with E-state index in [1.54, 1.807) is 0 Å². The third-order valence-electron chi connectivity index (χ3n) is 2.55. The van der Waals surface area contributed by atoms with Gasteiger partial charge in [0.05, 0.1) is 6.54 Å². The van der Waals surface area contributed by atoms with E-state index in [9.17, 15) is 0 Å². The van der Waals surface area contributed by atoms with E-state index in [2.05, 4.69) is 21.1 Å². The number of rotatable bonds is 3. The molecule has 66 valence electrons. The number of imidazole rings is 1. The Balaban J connectivity index is 2.12. The van der Waals surface area contributed by atoms with Crippen LogP contribution in [0.3, 0.4) is 0 Å². The van der Waals surface area contributed by atoms with Gasteiger partial charge in [-0.25, -0.2) is 4.98 Å². The van der Waals surface area contributed by atoms with E-state index in [0.717, 1.165) is 12.6 Å². The summed E-state index contributed by atoms with van der Waals surface area (Å²) >= 11 is 0. The average Bonchev–Trinajstić information content (AvgIpc) is 2.35. The Morgan fingerprint density at radius 1 is 1.67 bits per heavy atom. The first kappa shape index (κ1) is 7.80. The van der Waals surface area contributed by atoms with E-state index >= 15 is 0 Å². The zero-order valence-electron chi connectivity index (χ0n) is 7.45. The number of hydrogen-bond donors (Lipinski definition) is 1. The summed E-state index contributed by atoms with van der Waals surface area (Å²) in [5.41, 5.74) is 0. The van der Waals surface area contributed by atoms with Crippen LogP contribution in [0.15, 0.2) is 12.4 Å². The summed E-state index contributed by atoms with van der Waals surface area (Å²) in [4.78, 5) is 4.31. The third-order valence-corrected chi connectivity index (χ3v) is 2.55. The standard InChI is InChI=1S/C9H15N3/c1-10-7-9-11-5-6-12(9)8-3-2-4-8/h5-6,8,10H,2-4,7H2,1H3. The number of nitrogens with one attached hydrogen (secondary N) is 1. The van der Waals surface area contributed by atoms with Crippen LogP contribution < -0.4 is 5.32 Å². The fourth-order valence-corrected chi connectivity index (χ4v) is 1.64. The minimum absolute atomic E-state index is 0.732. The lowest BCUT2D eigenvalue weighted by molar-refractivity contribution is 0.305. The number of nitrogens with zero attached hydrogens (tertiary/aromatic N) is 2. The molecule has 1 fully saturated rings. The minimum atomic E-state index is 0.732. The Bertz CT molecular complexity index is 250. The summed E-state index contributed by atoms with van der Waals surface area (Å²) in [5, 5.41) is 3.13. The predicted molar refractivity (Wildman–Crippen MR) is 47.9 cm³/mol. The highest BCUT2D eigenvalue weighted by Crippen LogP contribution is 2.31. The molecule has 0 aliphatic heterocycles. The maximum atomic E-state index is 4.31. The molecule has 1 aromatic heterocycles. The van der Waals surface area contributed by atoms with Gasteiger partial charge in [-0.05, 0) is 26.3 Å². The van der Waals surface area contributed by atoms with Crippen LogP contribution in [0.25, 0.3) is 0 Å². The van der Waals surface area contributed by atoms with Gasteiger partial charge in [0.25, 0.3) is 0 Å². The van der Waals surface area contributed by atoms with E-state index < -0.39 is 0 Å². The van der Waals surface area contributed by atoms with Gasteiger partial charge in [0, 0.05) is 18.4 Å². The first-order chi connectivity index (χ1) is 5.92. The molecule has 1 aromatic rings. The lowest BCUT2D eigenvalue weighted by Crippen LogP contribution is -2.21. The Hall–Kier alpha value is -0.830.